The van der Waals surface area contributed by atoms with Gasteiger partial charge in [0.15, 0.2) is 5.11 Å². The van der Waals surface area contributed by atoms with Crippen LogP contribution < -0.4 is 10.1 Å². The lowest BCUT2D eigenvalue weighted by molar-refractivity contribution is -0.128. The molecular formula is C20H17N3O3S. The molecule has 7 heteroatoms. The molecule has 27 heavy (non-hydrogen) atoms. The number of hydrogen-bond acceptors (Lipinski definition) is 5. The van der Waals surface area contributed by atoms with Gasteiger partial charge in [0.1, 0.15) is 11.3 Å². The molecule has 0 aliphatic carbocycles. The number of thiocarbonyl (C=S) groups is 1. The van der Waals surface area contributed by atoms with Gasteiger partial charge in [-0.1, -0.05) is 23.8 Å². The van der Waals surface area contributed by atoms with Gasteiger partial charge in [-0.05, 0) is 49.0 Å². The Balaban J connectivity index is 1.78. The SMILES string of the molecule is C=CCN1C(=O)/C(=C/c2ccc(Oc3ccc(C)cc3)nc2)C(=O)NC1=S. The van der Waals surface area contributed by atoms with E-state index in [1.165, 1.54) is 23.2 Å². The predicted octanol–water partition coefficient (Wildman–Crippen LogP) is 3.00. The van der Waals surface area contributed by atoms with Crippen molar-refractivity contribution in [3.63, 3.8) is 0 Å². The van der Waals surface area contributed by atoms with E-state index in [2.05, 4.69) is 16.9 Å². The van der Waals surface area contributed by atoms with Crippen molar-refractivity contribution in [1.82, 2.24) is 15.2 Å². The van der Waals surface area contributed by atoms with E-state index in [1.807, 2.05) is 31.2 Å². The van der Waals surface area contributed by atoms with Gasteiger partial charge in [-0.3, -0.25) is 19.8 Å². The third kappa shape index (κ3) is 4.27. The third-order valence-electron chi connectivity index (χ3n) is 3.81. The summed E-state index contributed by atoms with van der Waals surface area (Å²) >= 11 is 5.02. The molecule has 1 N–H and O–H groups in total. The van der Waals surface area contributed by atoms with Gasteiger partial charge in [-0.15, -0.1) is 6.58 Å². The van der Waals surface area contributed by atoms with E-state index >= 15 is 0 Å². The van der Waals surface area contributed by atoms with Crippen molar-refractivity contribution in [3.8, 4) is 11.6 Å². The molecule has 1 saturated heterocycles. The van der Waals surface area contributed by atoms with Gasteiger partial charge in [-0.2, -0.15) is 0 Å². The minimum absolute atomic E-state index is 0.0144. The number of aryl methyl sites for hydroxylation is 1. The maximum atomic E-state index is 12.5. The average Bonchev–Trinajstić information content (AvgIpc) is 2.65. The number of amides is 2. The van der Waals surface area contributed by atoms with Crippen LogP contribution in [0.2, 0.25) is 0 Å². The van der Waals surface area contributed by atoms with Gasteiger partial charge < -0.3 is 4.74 Å². The number of hydrogen-bond donors (Lipinski definition) is 1. The number of nitrogens with one attached hydrogen (secondary N) is 1. The Morgan fingerprint density at radius 2 is 1.96 bits per heavy atom. The van der Waals surface area contributed by atoms with Crippen LogP contribution in [-0.4, -0.2) is 33.4 Å². The summed E-state index contributed by atoms with van der Waals surface area (Å²) in [6.45, 7) is 5.81. The first-order chi connectivity index (χ1) is 13.0. The molecule has 6 nitrogen and oxygen atoms in total. The van der Waals surface area contributed by atoms with Crippen molar-refractivity contribution < 1.29 is 14.3 Å². The molecule has 2 amide bonds. The van der Waals surface area contributed by atoms with E-state index in [1.54, 1.807) is 12.1 Å². The van der Waals surface area contributed by atoms with Gasteiger partial charge in [0.2, 0.25) is 5.88 Å². The van der Waals surface area contributed by atoms with Gasteiger partial charge >= 0.3 is 0 Å². The summed E-state index contributed by atoms with van der Waals surface area (Å²) in [6, 6.07) is 11.0. The Morgan fingerprint density at radius 3 is 2.59 bits per heavy atom. The molecule has 2 aromatic rings. The maximum absolute atomic E-state index is 12.5. The van der Waals surface area contributed by atoms with Crippen molar-refractivity contribution in [2.45, 2.75) is 6.92 Å². The van der Waals surface area contributed by atoms with Crippen LogP contribution in [0, 0.1) is 6.92 Å². The number of pyridine rings is 1. The number of nitrogens with zero attached hydrogens (tertiary/aromatic N) is 2. The van der Waals surface area contributed by atoms with E-state index in [0.29, 0.717) is 17.2 Å². The quantitative estimate of drug-likeness (QED) is 0.374. The first-order valence-corrected chi connectivity index (χ1v) is 8.59. The number of ether oxygens (including phenoxy) is 1. The molecule has 0 bridgehead atoms. The van der Waals surface area contributed by atoms with Gasteiger partial charge in [0.25, 0.3) is 11.8 Å². The summed E-state index contributed by atoms with van der Waals surface area (Å²) in [7, 11) is 0. The minimum atomic E-state index is -0.537. The van der Waals surface area contributed by atoms with Crippen molar-refractivity contribution in [1.29, 1.82) is 0 Å². The Bertz CT molecular complexity index is 934. The van der Waals surface area contributed by atoms with Crippen molar-refractivity contribution in [2.24, 2.45) is 0 Å². The molecule has 1 fully saturated rings. The molecule has 2 heterocycles. The number of rotatable bonds is 5. The van der Waals surface area contributed by atoms with Crippen LogP contribution in [0.25, 0.3) is 6.08 Å². The molecule has 1 aliphatic heterocycles. The summed E-state index contributed by atoms with van der Waals surface area (Å²) in [6.07, 6.45) is 4.54. The zero-order valence-electron chi connectivity index (χ0n) is 14.6. The van der Waals surface area contributed by atoms with Crippen LogP contribution in [0.4, 0.5) is 0 Å². The molecule has 0 unspecified atom stereocenters. The topological polar surface area (TPSA) is 71.5 Å². The highest BCUT2D eigenvalue weighted by molar-refractivity contribution is 7.80. The Labute approximate surface area is 162 Å². The van der Waals surface area contributed by atoms with Crippen LogP contribution in [0.5, 0.6) is 11.6 Å². The minimum Gasteiger partial charge on any atom is -0.439 e. The molecule has 0 atom stereocenters. The van der Waals surface area contributed by atoms with Crippen LogP contribution in [0.15, 0.2) is 60.8 Å². The number of carbonyl (C=O) groups excluding carboxylic acids is 2. The largest absolute Gasteiger partial charge is 0.439 e. The highest BCUT2D eigenvalue weighted by Gasteiger charge is 2.32. The lowest BCUT2D eigenvalue weighted by atomic mass is 10.1. The van der Waals surface area contributed by atoms with Crippen LogP contribution in [0.3, 0.4) is 0 Å². The van der Waals surface area contributed by atoms with E-state index in [4.69, 9.17) is 17.0 Å². The summed E-state index contributed by atoms with van der Waals surface area (Å²) < 4.78 is 5.67. The lowest BCUT2D eigenvalue weighted by Crippen LogP contribution is -2.53. The standard InChI is InChI=1S/C20H17N3O3S/c1-3-10-23-19(25)16(18(24)22-20(23)27)11-14-6-9-17(21-12-14)26-15-7-4-13(2)5-8-15/h3-9,11-12H,1,10H2,2H3,(H,22,24,27)/b16-11+. The van der Waals surface area contributed by atoms with E-state index in [-0.39, 0.29) is 17.2 Å². The molecule has 3 rings (SSSR count). The highest BCUT2D eigenvalue weighted by atomic mass is 32.1. The average molecular weight is 379 g/mol. The van der Waals surface area contributed by atoms with Gasteiger partial charge in [0, 0.05) is 18.8 Å². The molecule has 0 radical (unpaired) electrons. The highest BCUT2D eigenvalue weighted by Crippen LogP contribution is 2.21. The van der Waals surface area contributed by atoms with Gasteiger partial charge in [0.05, 0.1) is 0 Å². The summed E-state index contributed by atoms with van der Waals surface area (Å²) in [4.78, 5) is 30.1. The fraction of sp³-hybridized carbons (Fsp3) is 0.100. The second-order valence-electron chi connectivity index (χ2n) is 5.87. The normalized spacial score (nSPS) is 15.7. The summed E-state index contributed by atoms with van der Waals surface area (Å²) in [5.41, 5.74) is 1.72. The first kappa shape index (κ1) is 18.5. The molecule has 136 valence electrons. The monoisotopic (exact) mass is 379 g/mol. The van der Waals surface area contributed by atoms with Crippen molar-refractivity contribution >= 4 is 35.2 Å². The Morgan fingerprint density at radius 1 is 1.22 bits per heavy atom. The summed E-state index contributed by atoms with van der Waals surface area (Å²) in [5, 5.41) is 2.57. The van der Waals surface area contributed by atoms with E-state index in [0.717, 1.165) is 5.56 Å². The van der Waals surface area contributed by atoms with E-state index in [9.17, 15) is 9.59 Å². The third-order valence-corrected chi connectivity index (χ3v) is 4.13. The molecular weight excluding hydrogens is 362 g/mol. The molecule has 0 saturated carbocycles. The fourth-order valence-corrected chi connectivity index (χ4v) is 2.67. The smallest absolute Gasteiger partial charge is 0.265 e. The fourth-order valence-electron chi connectivity index (χ4n) is 2.42. The van der Waals surface area contributed by atoms with Crippen molar-refractivity contribution in [3.05, 3.63) is 72.0 Å². The zero-order valence-corrected chi connectivity index (χ0v) is 15.5. The van der Waals surface area contributed by atoms with Crippen molar-refractivity contribution in [2.75, 3.05) is 6.54 Å². The first-order valence-electron chi connectivity index (χ1n) is 8.18. The molecule has 1 aliphatic rings. The Kier molecular flexibility index (Phi) is 5.42. The van der Waals surface area contributed by atoms with Gasteiger partial charge in [-0.25, -0.2) is 4.98 Å². The van der Waals surface area contributed by atoms with Crippen LogP contribution >= 0.6 is 12.2 Å². The van der Waals surface area contributed by atoms with E-state index < -0.39 is 11.8 Å². The number of aromatic nitrogens is 1. The second kappa shape index (κ2) is 7.92. The molecule has 1 aromatic carbocycles. The second-order valence-corrected chi connectivity index (χ2v) is 6.25. The zero-order chi connectivity index (χ0) is 19.4. The predicted molar refractivity (Wildman–Crippen MR) is 106 cm³/mol. The lowest BCUT2D eigenvalue weighted by Gasteiger charge is -2.27. The van der Waals surface area contributed by atoms with Crippen LogP contribution in [0.1, 0.15) is 11.1 Å². The van der Waals surface area contributed by atoms with Crippen LogP contribution in [-0.2, 0) is 9.59 Å². The molecule has 1 aromatic heterocycles. The molecule has 0 spiro atoms. The number of carbonyl (C=O) groups is 2. The Hall–Kier alpha value is -3.32. The number of benzene rings is 1. The maximum Gasteiger partial charge on any atom is 0.265 e. The summed E-state index contributed by atoms with van der Waals surface area (Å²) in [5.74, 6) is 0.0819.